The number of nitrogens with one attached hydrogen (secondary N) is 1. The predicted octanol–water partition coefficient (Wildman–Crippen LogP) is 3.64. The van der Waals surface area contributed by atoms with E-state index < -0.39 is 35.8 Å². The van der Waals surface area contributed by atoms with E-state index in [1.54, 1.807) is 12.1 Å². The van der Waals surface area contributed by atoms with Gasteiger partial charge in [0.15, 0.2) is 6.61 Å². The van der Waals surface area contributed by atoms with Crippen molar-refractivity contribution >= 4 is 23.3 Å². The fourth-order valence-electron chi connectivity index (χ4n) is 3.39. The lowest BCUT2D eigenvalue weighted by Crippen LogP contribution is -2.46. The standard InChI is InChI=1S/C22H24F3N3O3/c1-2-27-11-13-28(14-12-27)17-9-7-16(8-10-17)26-20(29)15-31-21(30)18-5-3-4-6-19(18)22(23,24)25/h3-10H,2,11-15H2,1H3,(H,26,29). The molecule has 1 heterocycles. The number of halogens is 3. The number of amides is 1. The van der Waals surface area contributed by atoms with Crippen LogP contribution >= 0.6 is 0 Å². The Hall–Kier alpha value is -3.07. The summed E-state index contributed by atoms with van der Waals surface area (Å²) in [5.74, 6) is -1.84. The van der Waals surface area contributed by atoms with E-state index >= 15 is 0 Å². The van der Waals surface area contributed by atoms with Gasteiger partial charge in [-0.1, -0.05) is 19.1 Å². The van der Waals surface area contributed by atoms with Crippen molar-refractivity contribution in [2.45, 2.75) is 13.1 Å². The van der Waals surface area contributed by atoms with Gasteiger partial charge in [0.2, 0.25) is 0 Å². The topological polar surface area (TPSA) is 61.9 Å². The number of carbonyl (C=O) groups is 2. The molecule has 6 nitrogen and oxygen atoms in total. The Morgan fingerprint density at radius 1 is 1.00 bits per heavy atom. The van der Waals surface area contributed by atoms with Gasteiger partial charge < -0.3 is 19.9 Å². The fourth-order valence-corrected chi connectivity index (χ4v) is 3.39. The molecule has 166 valence electrons. The van der Waals surface area contributed by atoms with Gasteiger partial charge in [0.1, 0.15) is 0 Å². The van der Waals surface area contributed by atoms with Gasteiger partial charge >= 0.3 is 12.1 Å². The Morgan fingerprint density at radius 2 is 1.65 bits per heavy atom. The predicted molar refractivity (Wildman–Crippen MR) is 111 cm³/mol. The van der Waals surface area contributed by atoms with Crippen molar-refractivity contribution in [3.05, 3.63) is 59.7 Å². The number of alkyl halides is 3. The zero-order chi connectivity index (χ0) is 22.4. The summed E-state index contributed by atoms with van der Waals surface area (Å²) in [6, 6.07) is 11.5. The van der Waals surface area contributed by atoms with Crippen LogP contribution in [0.25, 0.3) is 0 Å². The quantitative estimate of drug-likeness (QED) is 0.702. The number of benzene rings is 2. The first-order valence-electron chi connectivity index (χ1n) is 9.98. The summed E-state index contributed by atoms with van der Waals surface area (Å²) in [4.78, 5) is 28.7. The molecular formula is C22H24F3N3O3. The van der Waals surface area contributed by atoms with Crippen LogP contribution in [0, 0.1) is 0 Å². The molecule has 0 radical (unpaired) electrons. The van der Waals surface area contributed by atoms with Gasteiger partial charge in [0.05, 0.1) is 11.1 Å². The first-order chi connectivity index (χ1) is 14.8. The molecule has 0 saturated carbocycles. The molecule has 2 aromatic carbocycles. The molecule has 0 bridgehead atoms. The third-order valence-corrected chi connectivity index (χ3v) is 5.12. The average molecular weight is 435 g/mol. The Bertz CT molecular complexity index is 908. The van der Waals surface area contributed by atoms with Crippen molar-refractivity contribution in [1.29, 1.82) is 0 Å². The minimum atomic E-state index is -4.69. The number of likely N-dealkylation sites (N-methyl/N-ethyl adjacent to an activating group) is 1. The lowest BCUT2D eigenvalue weighted by Gasteiger charge is -2.35. The molecule has 2 aromatic rings. The highest BCUT2D eigenvalue weighted by molar-refractivity contribution is 5.96. The van der Waals surface area contributed by atoms with Gasteiger partial charge in [-0.2, -0.15) is 13.2 Å². The molecule has 0 spiro atoms. The molecule has 1 amide bonds. The van der Waals surface area contributed by atoms with Crippen LogP contribution in [0.3, 0.4) is 0 Å². The smallest absolute Gasteiger partial charge is 0.417 e. The molecule has 9 heteroatoms. The molecular weight excluding hydrogens is 411 g/mol. The number of esters is 1. The van der Waals surface area contributed by atoms with Gasteiger partial charge in [-0.15, -0.1) is 0 Å². The molecule has 0 aromatic heterocycles. The number of carbonyl (C=O) groups excluding carboxylic acids is 2. The Labute approximate surface area is 178 Å². The van der Waals surface area contributed by atoms with Gasteiger partial charge in [0.25, 0.3) is 5.91 Å². The maximum absolute atomic E-state index is 13.0. The van der Waals surface area contributed by atoms with Crippen LogP contribution < -0.4 is 10.2 Å². The number of ether oxygens (including phenoxy) is 1. The Balaban J connectivity index is 1.52. The van der Waals surface area contributed by atoms with E-state index in [1.165, 1.54) is 12.1 Å². The molecule has 31 heavy (non-hydrogen) atoms. The highest BCUT2D eigenvalue weighted by Crippen LogP contribution is 2.32. The van der Waals surface area contributed by atoms with E-state index in [-0.39, 0.29) is 0 Å². The monoisotopic (exact) mass is 435 g/mol. The van der Waals surface area contributed by atoms with Crippen molar-refractivity contribution < 1.29 is 27.5 Å². The first-order valence-corrected chi connectivity index (χ1v) is 9.98. The zero-order valence-corrected chi connectivity index (χ0v) is 17.1. The van der Waals surface area contributed by atoms with Crippen molar-refractivity contribution in [2.75, 3.05) is 49.5 Å². The number of anilines is 2. The first kappa shape index (κ1) is 22.6. The van der Waals surface area contributed by atoms with Crippen molar-refractivity contribution in [1.82, 2.24) is 4.90 Å². The summed E-state index contributed by atoms with van der Waals surface area (Å²) in [5.41, 5.74) is -0.178. The zero-order valence-electron chi connectivity index (χ0n) is 17.1. The van der Waals surface area contributed by atoms with Crippen molar-refractivity contribution in [3.63, 3.8) is 0 Å². The van der Waals surface area contributed by atoms with Crippen LogP contribution in [-0.4, -0.2) is 56.1 Å². The van der Waals surface area contributed by atoms with E-state index in [2.05, 4.69) is 22.0 Å². The molecule has 1 aliphatic rings. The molecule has 1 N–H and O–H groups in total. The number of hydrogen-bond donors (Lipinski definition) is 1. The summed E-state index contributed by atoms with van der Waals surface area (Å²) >= 11 is 0. The normalized spacial score (nSPS) is 14.9. The van der Waals surface area contributed by atoms with Gasteiger partial charge in [0, 0.05) is 37.6 Å². The minimum Gasteiger partial charge on any atom is -0.452 e. The largest absolute Gasteiger partial charge is 0.452 e. The second-order valence-corrected chi connectivity index (χ2v) is 7.14. The maximum atomic E-state index is 13.0. The van der Waals surface area contributed by atoms with Crippen LogP contribution in [-0.2, 0) is 15.7 Å². The SMILES string of the molecule is CCN1CCN(c2ccc(NC(=O)COC(=O)c3ccccc3C(F)(F)F)cc2)CC1. The third-order valence-electron chi connectivity index (χ3n) is 5.12. The fraction of sp³-hybridized carbons (Fsp3) is 0.364. The Kier molecular flexibility index (Phi) is 7.17. The van der Waals surface area contributed by atoms with Crippen LogP contribution in [0.15, 0.2) is 48.5 Å². The molecule has 0 unspecified atom stereocenters. The number of hydrogen-bond acceptors (Lipinski definition) is 5. The minimum absolute atomic E-state index is 0.507. The summed E-state index contributed by atoms with van der Waals surface area (Å²) in [7, 11) is 0. The number of nitrogens with zero attached hydrogens (tertiary/aromatic N) is 2. The van der Waals surface area contributed by atoms with E-state index in [0.717, 1.165) is 50.5 Å². The van der Waals surface area contributed by atoms with Crippen LogP contribution in [0.2, 0.25) is 0 Å². The highest BCUT2D eigenvalue weighted by atomic mass is 19.4. The highest BCUT2D eigenvalue weighted by Gasteiger charge is 2.35. The molecule has 1 saturated heterocycles. The Morgan fingerprint density at radius 3 is 2.26 bits per heavy atom. The molecule has 1 fully saturated rings. The summed E-state index contributed by atoms with van der Waals surface area (Å²) < 4.78 is 43.8. The second kappa shape index (κ2) is 9.82. The van der Waals surface area contributed by atoms with Crippen molar-refractivity contribution in [2.24, 2.45) is 0 Å². The number of rotatable bonds is 6. The lowest BCUT2D eigenvalue weighted by atomic mass is 10.1. The molecule has 0 atom stereocenters. The maximum Gasteiger partial charge on any atom is 0.417 e. The van der Waals surface area contributed by atoms with Crippen LogP contribution in [0.5, 0.6) is 0 Å². The molecule has 3 rings (SSSR count). The average Bonchev–Trinajstić information content (AvgIpc) is 2.77. The second-order valence-electron chi connectivity index (χ2n) is 7.14. The lowest BCUT2D eigenvalue weighted by molar-refractivity contribution is -0.138. The van der Waals surface area contributed by atoms with E-state index in [0.29, 0.717) is 5.69 Å². The van der Waals surface area contributed by atoms with Crippen LogP contribution in [0.1, 0.15) is 22.8 Å². The van der Waals surface area contributed by atoms with Gasteiger partial charge in [-0.3, -0.25) is 4.79 Å². The van der Waals surface area contributed by atoms with Gasteiger partial charge in [-0.25, -0.2) is 4.79 Å². The number of piperazine rings is 1. The van der Waals surface area contributed by atoms with Gasteiger partial charge in [-0.05, 0) is 42.9 Å². The van der Waals surface area contributed by atoms with Crippen molar-refractivity contribution in [3.8, 4) is 0 Å². The van der Waals surface area contributed by atoms with E-state index in [4.69, 9.17) is 4.74 Å². The molecule has 1 aliphatic heterocycles. The van der Waals surface area contributed by atoms with Crippen LogP contribution in [0.4, 0.5) is 24.5 Å². The third kappa shape index (κ3) is 5.97. The summed E-state index contributed by atoms with van der Waals surface area (Å²) in [5, 5.41) is 2.57. The van der Waals surface area contributed by atoms with E-state index in [1.807, 2.05) is 12.1 Å². The van der Waals surface area contributed by atoms with E-state index in [9.17, 15) is 22.8 Å². The summed E-state index contributed by atoms with van der Waals surface area (Å²) in [6.45, 7) is 6.33. The summed E-state index contributed by atoms with van der Waals surface area (Å²) in [6.07, 6.45) is -4.69. The molecule has 0 aliphatic carbocycles.